The number of rotatable bonds is 2. The Kier molecular flexibility index (Phi) is 2.73. The Bertz CT molecular complexity index is 558. The first-order valence-corrected chi connectivity index (χ1v) is 6.75. The molecule has 2 unspecified atom stereocenters. The Labute approximate surface area is 104 Å². The number of ketones is 1. The molecule has 0 aliphatic carbocycles. The lowest BCUT2D eigenvalue weighted by Crippen LogP contribution is -2.14. The highest BCUT2D eigenvalue weighted by molar-refractivity contribution is 7.17. The summed E-state index contributed by atoms with van der Waals surface area (Å²) in [5.41, 5.74) is 0.861. The predicted molar refractivity (Wildman–Crippen MR) is 69.7 cm³/mol. The minimum absolute atomic E-state index is 0.0395. The van der Waals surface area contributed by atoms with Crippen molar-refractivity contribution in [2.24, 2.45) is 5.92 Å². The van der Waals surface area contributed by atoms with Gasteiger partial charge < -0.3 is 4.74 Å². The van der Waals surface area contributed by atoms with Crippen molar-refractivity contribution in [3.05, 3.63) is 35.2 Å². The Hall–Kier alpha value is -1.19. The van der Waals surface area contributed by atoms with Gasteiger partial charge in [0.25, 0.3) is 0 Å². The minimum atomic E-state index is 0.0395. The van der Waals surface area contributed by atoms with Crippen LogP contribution in [-0.4, -0.2) is 18.5 Å². The van der Waals surface area contributed by atoms with Gasteiger partial charge in [-0.1, -0.05) is 12.1 Å². The number of fused-ring (bicyclic) bond motifs is 1. The molecule has 3 rings (SSSR count). The quantitative estimate of drug-likeness (QED) is 0.758. The van der Waals surface area contributed by atoms with Gasteiger partial charge in [0, 0.05) is 16.2 Å². The molecule has 0 radical (unpaired) electrons. The molecular weight excluding hydrogens is 232 g/mol. The summed E-state index contributed by atoms with van der Waals surface area (Å²) in [6.07, 6.45) is 1.06. The van der Waals surface area contributed by atoms with Gasteiger partial charge in [-0.05, 0) is 36.2 Å². The lowest BCUT2D eigenvalue weighted by atomic mass is 9.95. The number of ether oxygens (including phenoxy) is 1. The van der Waals surface area contributed by atoms with Crippen molar-refractivity contribution < 1.29 is 9.53 Å². The van der Waals surface area contributed by atoms with Crippen LogP contribution in [0.3, 0.4) is 0 Å². The van der Waals surface area contributed by atoms with Crippen molar-refractivity contribution in [3.8, 4) is 0 Å². The van der Waals surface area contributed by atoms with Crippen LogP contribution in [0.15, 0.2) is 29.6 Å². The molecule has 1 aromatic carbocycles. The smallest absolute Gasteiger partial charge is 0.169 e. The molecule has 1 saturated heterocycles. The largest absolute Gasteiger partial charge is 0.378 e. The molecule has 88 valence electrons. The summed E-state index contributed by atoms with van der Waals surface area (Å²) < 4.78 is 6.59. The van der Waals surface area contributed by atoms with Crippen LogP contribution < -0.4 is 0 Å². The van der Waals surface area contributed by atoms with Crippen LogP contribution in [0.25, 0.3) is 10.1 Å². The third-order valence-corrected chi connectivity index (χ3v) is 4.28. The van der Waals surface area contributed by atoms with E-state index >= 15 is 0 Å². The molecule has 0 amide bonds. The van der Waals surface area contributed by atoms with E-state index in [2.05, 4.69) is 12.1 Å². The van der Waals surface area contributed by atoms with Gasteiger partial charge >= 0.3 is 0 Å². The number of thiophene rings is 1. The van der Waals surface area contributed by atoms with Crippen molar-refractivity contribution >= 4 is 27.2 Å². The molecule has 2 heterocycles. The minimum Gasteiger partial charge on any atom is -0.378 e. The van der Waals surface area contributed by atoms with Crippen molar-refractivity contribution in [1.82, 2.24) is 0 Å². The van der Waals surface area contributed by atoms with Crippen LogP contribution in [-0.2, 0) is 4.74 Å². The maximum absolute atomic E-state index is 12.4. The number of Topliss-reactive ketones (excluding diaryl/α,β-unsaturated/α-hetero) is 1. The summed E-state index contributed by atoms with van der Waals surface area (Å²) in [5.74, 6) is 0.278. The summed E-state index contributed by atoms with van der Waals surface area (Å²) in [6, 6.07) is 8.01. The van der Waals surface area contributed by atoms with Gasteiger partial charge in [-0.25, -0.2) is 0 Å². The van der Waals surface area contributed by atoms with E-state index in [4.69, 9.17) is 4.74 Å². The lowest BCUT2D eigenvalue weighted by Gasteiger charge is -2.07. The van der Waals surface area contributed by atoms with E-state index < -0.39 is 0 Å². The van der Waals surface area contributed by atoms with E-state index in [-0.39, 0.29) is 17.8 Å². The van der Waals surface area contributed by atoms with Crippen LogP contribution >= 0.6 is 11.3 Å². The summed E-state index contributed by atoms with van der Waals surface area (Å²) in [7, 11) is 0. The molecule has 2 nitrogen and oxygen atoms in total. The Balaban J connectivity index is 1.98. The predicted octanol–water partition coefficient (Wildman–Crippen LogP) is 3.51. The lowest BCUT2D eigenvalue weighted by molar-refractivity contribution is 0.0879. The number of hydrogen-bond donors (Lipinski definition) is 0. The van der Waals surface area contributed by atoms with Crippen LogP contribution in [0, 0.1) is 5.92 Å². The van der Waals surface area contributed by atoms with Crippen molar-refractivity contribution in [3.63, 3.8) is 0 Å². The fraction of sp³-hybridized carbons (Fsp3) is 0.357. The van der Waals surface area contributed by atoms with Crippen LogP contribution in [0.4, 0.5) is 0 Å². The molecule has 2 aromatic rings. The molecule has 0 N–H and O–H groups in total. The molecule has 0 saturated carbocycles. The zero-order valence-corrected chi connectivity index (χ0v) is 10.5. The second kappa shape index (κ2) is 4.24. The standard InChI is InChI=1S/C14H14O2S/c1-9-7-11(8-16-9)13(15)12-4-2-3-10-5-6-17-14(10)12/h2-6,9,11H,7-8H2,1H3. The monoisotopic (exact) mass is 246 g/mol. The summed E-state index contributed by atoms with van der Waals surface area (Å²) in [5, 5.41) is 3.20. The number of benzene rings is 1. The highest BCUT2D eigenvalue weighted by Gasteiger charge is 2.29. The summed E-state index contributed by atoms with van der Waals surface area (Å²) in [4.78, 5) is 12.4. The number of carbonyl (C=O) groups excluding carboxylic acids is 1. The zero-order valence-electron chi connectivity index (χ0n) is 9.68. The Morgan fingerprint density at radius 2 is 2.29 bits per heavy atom. The van der Waals surface area contributed by atoms with Gasteiger partial charge in [-0.15, -0.1) is 11.3 Å². The summed E-state index contributed by atoms with van der Waals surface area (Å²) in [6.45, 7) is 2.60. The third kappa shape index (κ3) is 1.90. The van der Waals surface area contributed by atoms with Gasteiger partial charge in [0.15, 0.2) is 5.78 Å². The molecule has 1 aliphatic rings. The van der Waals surface area contributed by atoms with Crippen molar-refractivity contribution in [2.75, 3.05) is 6.61 Å². The third-order valence-electron chi connectivity index (χ3n) is 3.31. The first-order valence-electron chi connectivity index (χ1n) is 5.88. The molecule has 1 aliphatic heterocycles. The molecule has 0 bridgehead atoms. The first-order chi connectivity index (χ1) is 8.25. The fourth-order valence-corrected chi connectivity index (χ4v) is 3.33. The van der Waals surface area contributed by atoms with E-state index in [9.17, 15) is 4.79 Å². The number of carbonyl (C=O) groups is 1. The second-order valence-corrected chi connectivity index (χ2v) is 5.50. The maximum atomic E-state index is 12.4. The van der Waals surface area contributed by atoms with Crippen molar-refractivity contribution in [2.45, 2.75) is 19.4 Å². The highest BCUT2D eigenvalue weighted by Crippen LogP contribution is 2.29. The normalized spacial score (nSPS) is 24.3. The van der Waals surface area contributed by atoms with Gasteiger partial charge in [0.05, 0.1) is 12.7 Å². The SMILES string of the molecule is CC1CC(C(=O)c2cccc3ccsc23)CO1. The molecule has 1 aromatic heterocycles. The molecule has 17 heavy (non-hydrogen) atoms. The zero-order chi connectivity index (χ0) is 11.8. The van der Waals surface area contributed by atoms with E-state index in [0.717, 1.165) is 22.1 Å². The fourth-order valence-electron chi connectivity index (χ4n) is 2.41. The van der Waals surface area contributed by atoms with Gasteiger partial charge in [-0.3, -0.25) is 4.79 Å². The van der Waals surface area contributed by atoms with E-state index in [1.54, 1.807) is 11.3 Å². The van der Waals surface area contributed by atoms with Crippen LogP contribution in [0.5, 0.6) is 0 Å². The Morgan fingerprint density at radius 1 is 1.41 bits per heavy atom. The van der Waals surface area contributed by atoms with Crippen LogP contribution in [0.1, 0.15) is 23.7 Å². The molecule has 0 spiro atoms. The van der Waals surface area contributed by atoms with Crippen molar-refractivity contribution in [1.29, 1.82) is 0 Å². The van der Waals surface area contributed by atoms with Gasteiger partial charge in [0.1, 0.15) is 0 Å². The van der Waals surface area contributed by atoms with Crippen LogP contribution in [0.2, 0.25) is 0 Å². The van der Waals surface area contributed by atoms with Gasteiger partial charge in [0.2, 0.25) is 0 Å². The number of hydrogen-bond acceptors (Lipinski definition) is 3. The molecule has 1 fully saturated rings. The van der Waals surface area contributed by atoms with E-state index in [0.29, 0.717) is 6.61 Å². The second-order valence-electron chi connectivity index (χ2n) is 4.59. The van der Waals surface area contributed by atoms with Gasteiger partial charge in [-0.2, -0.15) is 0 Å². The Morgan fingerprint density at radius 3 is 3.06 bits per heavy atom. The molecular formula is C14H14O2S. The highest BCUT2D eigenvalue weighted by atomic mass is 32.1. The molecule has 3 heteroatoms. The average Bonchev–Trinajstić information content (AvgIpc) is 2.95. The van der Waals surface area contributed by atoms with E-state index in [1.807, 2.05) is 24.4 Å². The maximum Gasteiger partial charge on any atom is 0.169 e. The topological polar surface area (TPSA) is 26.3 Å². The first kappa shape index (κ1) is 10.9. The average molecular weight is 246 g/mol. The molecule has 2 atom stereocenters. The van der Waals surface area contributed by atoms with E-state index in [1.165, 1.54) is 0 Å². The summed E-state index contributed by atoms with van der Waals surface area (Å²) >= 11 is 1.64.